The van der Waals surface area contributed by atoms with Gasteiger partial charge in [-0.1, -0.05) is 140 Å². The molecule has 0 unspecified atom stereocenters. The minimum Gasteiger partial charge on any atom is -0.380 e. The molecule has 0 aliphatic rings. The van der Waals surface area contributed by atoms with Crippen LogP contribution in [0, 0.1) is 0 Å². The predicted molar refractivity (Wildman–Crippen MR) is 245 cm³/mol. The van der Waals surface area contributed by atoms with E-state index >= 15 is 0 Å². The smallest absolute Gasteiger partial charge is 0.0642 e. The zero-order valence-electron chi connectivity index (χ0n) is 37.0. The number of nitrogens with two attached hydrogens (primary N) is 1. The monoisotopic (exact) mass is 773 g/mol. The molecule has 0 saturated carbocycles. The third kappa shape index (κ3) is 48.8. The van der Waals surface area contributed by atoms with Crippen LogP contribution in [0.25, 0.3) is 0 Å². The highest BCUT2D eigenvalue weighted by Gasteiger charge is 2.09. The fourth-order valence-electron chi connectivity index (χ4n) is 6.50. The van der Waals surface area contributed by atoms with Crippen molar-refractivity contribution in [3.05, 3.63) is 48.6 Å². The first-order chi connectivity index (χ1) is 27.3. The van der Waals surface area contributed by atoms with Gasteiger partial charge in [-0.05, 0) is 142 Å². The minimum absolute atomic E-state index is 0.272. The lowest BCUT2D eigenvalue weighted by Gasteiger charge is -2.19. The van der Waals surface area contributed by atoms with E-state index in [1.54, 1.807) is 0 Å². The first-order valence-corrected chi connectivity index (χ1v) is 23.9. The Bertz CT molecular complexity index is 763. The maximum atomic E-state index is 6.17. The van der Waals surface area contributed by atoms with Crippen molar-refractivity contribution in [3.8, 4) is 0 Å². The molecule has 5 N–H and O–H groups in total. The van der Waals surface area contributed by atoms with Crippen LogP contribution in [0.4, 0.5) is 0 Å². The van der Waals surface area contributed by atoms with Crippen molar-refractivity contribution in [3.63, 3.8) is 0 Å². The quantitative estimate of drug-likeness (QED) is 0.0364. The molecule has 324 valence electrons. The van der Waals surface area contributed by atoms with E-state index in [1.807, 2.05) is 0 Å². The number of nitrogens with one attached hydrogen (secondary N) is 3. The Balaban J connectivity index is 4.01. The molecular weight excluding hydrogens is 677 g/mol. The largest absolute Gasteiger partial charge is 0.380 e. The van der Waals surface area contributed by atoms with Gasteiger partial charge in [0.2, 0.25) is 0 Å². The number of hydrogen-bond acceptors (Lipinski definition) is 6. The number of allylic oxidation sites excluding steroid dienone is 8. The summed E-state index contributed by atoms with van der Waals surface area (Å²) in [5, 5.41) is 10.8. The molecule has 55 heavy (non-hydrogen) atoms. The average Bonchev–Trinajstić information content (AvgIpc) is 3.20. The van der Waals surface area contributed by atoms with E-state index < -0.39 is 0 Å². The lowest BCUT2D eigenvalue weighted by molar-refractivity contribution is 0.0528. The van der Waals surface area contributed by atoms with Crippen molar-refractivity contribution >= 4 is 0 Å². The van der Waals surface area contributed by atoms with Crippen LogP contribution in [0.3, 0.4) is 0 Å². The third-order valence-electron chi connectivity index (χ3n) is 10.1. The lowest BCUT2D eigenvalue weighted by atomic mass is 10.1. The number of rotatable bonds is 47. The Labute approximate surface area is 344 Å². The highest BCUT2D eigenvalue weighted by molar-refractivity contribution is 4.93. The van der Waals surface area contributed by atoms with Gasteiger partial charge in [0.05, 0.1) is 19.3 Å². The van der Waals surface area contributed by atoms with Crippen LogP contribution in [-0.4, -0.2) is 71.7 Å². The van der Waals surface area contributed by atoms with Crippen molar-refractivity contribution in [2.75, 3.05) is 65.7 Å². The summed E-state index contributed by atoms with van der Waals surface area (Å²) in [6.45, 7) is 13.8. The molecule has 0 aromatic rings. The standard InChI is InChI=1S/C49H96N4O2/c1-3-5-7-9-11-13-15-17-19-21-23-25-27-29-31-35-45-54-47-49(53-44-38-43-52-41-34-33-40-51-42-37-39-50)48-55-46-36-32-30-28-26-24-22-20-18-16-14-12-10-8-6-4-2/h11-14,17-20,49,51-53H,3-10,15-16,21-48,50H2,1-2H3/b13-11-,14-12-,19-17-,20-18-. The lowest BCUT2D eigenvalue weighted by Crippen LogP contribution is -2.39. The van der Waals surface area contributed by atoms with Gasteiger partial charge < -0.3 is 31.2 Å². The second kappa shape index (κ2) is 50.7. The van der Waals surface area contributed by atoms with Crippen LogP contribution in [0.1, 0.15) is 194 Å². The van der Waals surface area contributed by atoms with Crippen LogP contribution in [0.5, 0.6) is 0 Å². The summed E-state index contributed by atoms with van der Waals surface area (Å²) in [5.74, 6) is 0. The summed E-state index contributed by atoms with van der Waals surface area (Å²) in [4.78, 5) is 0. The van der Waals surface area contributed by atoms with E-state index in [-0.39, 0.29) is 6.04 Å². The topological polar surface area (TPSA) is 80.6 Å². The highest BCUT2D eigenvalue weighted by atomic mass is 16.5. The second-order valence-electron chi connectivity index (χ2n) is 15.7. The molecule has 0 aliphatic heterocycles. The molecule has 0 fully saturated rings. The first-order valence-electron chi connectivity index (χ1n) is 23.9. The van der Waals surface area contributed by atoms with Crippen LogP contribution in [0.2, 0.25) is 0 Å². The van der Waals surface area contributed by atoms with Gasteiger partial charge in [0.15, 0.2) is 0 Å². The summed E-state index contributed by atoms with van der Waals surface area (Å²) in [5.41, 5.74) is 5.56. The maximum absolute atomic E-state index is 6.17. The van der Waals surface area contributed by atoms with E-state index in [0.717, 1.165) is 104 Å². The normalized spacial score (nSPS) is 12.4. The van der Waals surface area contributed by atoms with Gasteiger partial charge in [-0.3, -0.25) is 0 Å². The van der Waals surface area contributed by atoms with E-state index in [0.29, 0.717) is 0 Å². The molecule has 0 heterocycles. The fourth-order valence-corrected chi connectivity index (χ4v) is 6.50. The molecule has 0 atom stereocenters. The molecule has 0 bridgehead atoms. The summed E-state index contributed by atoms with van der Waals surface area (Å²) < 4.78 is 12.3. The van der Waals surface area contributed by atoms with Crippen LogP contribution in [-0.2, 0) is 9.47 Å². The summed E-state index contributed by atoms with van der Waals surface area (Å²) >= 11 is 0. The molecule has 0 radical (unpaired) electrons. The molecule has 0 amide bonds. The molecule has 0 saturated heterocycles. The molecular formula is C49H96N4O2. The van der Waals surface area contributed by atoms with E-state index in [2.05, 4.69) is 78.4 Å². The van der Waals surface area contributed by atoms with Crippen molar-refractivity contribution < 1.29 is 9.47 Å². The second-order valence-corrected chi connectivity index (χ2v) is 15.7. The van der Waals surface area contributed by atoms with Crippen LogP contribution < -0.4 is 21.7 Å². The van der Waals surface area contributed by atoms with Gasteiger partial charge in [-0.2, -0.15) is 0 Å². The van der Waals surface area contributed by atoms with Crippen molar-refractivity contribution in [1.82, 2.24) is 16.0 Å². The highest BCUT2D eigenvalue weighted by Crippen LogP contribution is 2.10. The van der Waals surface area contributed by atoms with Gasteiger partial charge in [0.25, 0.3) is 0 Å². The average molecular weight is 773 g/mol. The van der Waals surface area contributed by atoms with Crippen LogP contribution in [0.15, 0.2) is 48.6 Å². The predicted octanol–water partition coefficient (Wildman–Crippen LogP) is 12.3. The summed E-state index contributed by atoms with van der Waals surface area (Å²) in [6.07, 6.45) is 54.1. The SMILES string of the molecule is CCCCC/C=C\C/C=C\CCCCCCCCOCC(COCCCCCCCC/C=C\C/C=C\CCCCC)NCCCNCCCCNCCCN. The van der Waals surface area contributed by atoms with Gasteiger partial charge in [0, 0.05) is 13.2 Å². The summed E-state index contributed by atoms with van der Waals surface area (Å²) in [6, 6.07) is 0.272. The minimum atomic E-state index is 0.272. The van der Waals surface area contributed by atoms with Gasteiger partial charge in [0.1, 0.15) is 0 Å². The number of ether oxygens (including phenoxy) is 2. The maximum Gasteiger partial charge on any atom is 0.0642 e. The van der Waals surface area contributed by atoms with E-state index in [9.17, 15) is 0 Å². The molecule has 0 spiro atoms. The van der Waals surface area contributed by atoms with Crippen LogP contribution >= 0.6 is 0 Å². The molecule has 6 nitrogen and oxygen atoms in total. The number of hydrogen-bond donors (Lipinski definition) is 4. The van der Waals surface area contributed by atoms with Gasteiger partial charge >= 0.3 is 0 Å². The zero-order valence-corrected chi connectivity index (χ0v) is 37.0. The fraction of sp³-hybridized carbons (Fsp3) is 0.837. The third-order valence-corrected chi connectivity index (χ3v) is 10.1. The molecule has 0 rings (SSSR count). The molecule has 0 aromatic heterocycles. The van der Waals surface area contributed by atoms with Gasteiger partial charge in [-0.15, -0.1) is 0 Å². The van der Waals surface area contributed by atoms with Crippen molar-refractivity contribution in [2.45, 2.75) is 200 Å². The Morgan fingerprint density at radius 1 is 0.400 bits per heavy atom. The molecule has 0 aliphatic carbocycles. The van der Waals surface area contributed by atoms with E-state index in [1.165, 1.54) is 141 Å². The number of unbranched alkanes of at least 4 members (excludes halogenated alkanes) is 19. The Morgan fingerprint density at radius 2 is 0.782 bits per heavy atom. The first kappa shape index (κ1) is 53.7. The Kier molecular flexibility index (Phi) is 49.6. The van der Waals surface area contributed by atoms with Crippen molar-refractivity contribution in [2.24, 2.45) is 5.73 Å². The molecule has 6 heteroatoms. The van der Waals surface area contributed by atoms with E-state index in [4.69, 9.17) is 15.2 Å². The summed E-state index contributed by atoms with van der Waals surface area (Å²) in [7, 11) is 0. The molecule has 0 aromatic carbocycles. The Morgan fingerprint density at radius 3 is 1.22 bits per heavy atom. The Hall–Kier alpha value is -1.28. The van der Waals surface area contributed by atoms with Crippen molar-refractivity contribution in [1.29, 1.82) is 0 Å². The van der Waals surface area contributed by atoms with Gasteiger partial charge in [-0.25, -0.2) is 0 Å². The zero-order chi connectivity index (χ0) is 39.6.